The first-order valence-corrected chi connectivity index (χ1v) is 6.00. The fourth-order valence-electron chi connectivity index (χ4n) is 1.49. The lowest BCUT2D eigenvalue weighted by Crippen LogP contribution is -2.33. The number of likely N-dealkylation sites (N-methyl/N-ethyl adjacent to an activating group) is 1. The van der Waals surface area contributed by atoms with Gasteiger partial charge in [0.1, 0.15) is 0 Å². The summed E-state index contributed by atoms with van der Waals surface area (Å²) in [6, 6.07) is 0.475. The molecular formula is C12H27NO2. The Morgan fingerprint density at radius 3 is 2.47 bits per heavy atom. The molecule has 0 fully saturated rings. The van der Waals surface area contributed by atoms with Crippen LogP contribution in [0.4, 0.5) is 0 Å². The molecule has 1 N–H and O–H groups in total. The lowest BCUT2D eigenvalue weighted by molar-refractivity contribution is 0.0994. The van der Waals surface area contributed by atoms with Gasteiger partial charge < -0.3 is 14.8 Å². The van der Waals surface area contributed by atoms with Crippen LogP contribution in [0.2, 0.25) is 0 Å². The Balaban J connectivity index is 3.36. The van der Waals surface area contributed by atoms with Crippen LogP contribution in [0.25, 0.3) is 0 Å². The normalized spacial score (nSPS) is 13.4. The molecule has 15 heavy (non-hydrogen) atoms. The second-order valence-electron chi connectivity index (χ2n) is 4.32. The third-order valence-electron chi connectivity index (χ3n) is 2.15. The summed E-state index contributed by atoms with van der Waals surface area (Å²) in [6.07, 6.45) is 2.23. The third-order valence-corrected chi connectivity index (χ3v) is 2.15. The van der Waals surface area contributed by atoms with E-state index < -0.39 is 0 Å². The van der Waals surface area contributed by atoms with Gasteiger partial charge in [-0.3, -0.25) is 0 Å². The lowest BCUT2D eigenvalue weighted by Gasteiger charge is -2.16. The summed E-state index contributed by atoms with van der Waals surface area (Å²) >= 11 is 0. The highest BCUT2D eigenvalue weighted by molar-refractivity contribution is 4.64. The van der Waals surface area contributed by atoms with E-state index in [0.29, 0.717) is 12.0 Å². The highest BCUT2D eigenvalue weighted by Crippen LogP contribution is 2.00. The number of hydrogen-bond acceptors (Lipinski definition) is 3. The van der Waals surface area contributed by atoms with Gasteiger partial charge in [0.15, 0.2) is 0 Å². The quantitative estimate of drug-likeness (QED) is 0.568. The molecule has 1 unspecified atom stereocenters. The summed E-state index contributed by atoms with van der Waals surface area (Å²) in [5.41, 5.74) is 0. The van der Waals surface area contributed by atoms with Crippen LogP contribution in [0.3, 0.4) is 0 Å². The first kappa shape index (κ1) is 14.9. The van der Waals surface area contributed by atoms with Gasteiger partial charge >= 0.3 is 0 Å². The van der Waals surface area contributed by atoms with Crippen molar-refractivity contribution in [2.75, 3.05) is 33.5 Å². The first-order valence-electron chi connectivity index (χ1n) is 6.00. The van der Waals surface area contributed by atoms with E-state index >= 15 is 0 Å². The van der Waals surface area contributed by atoms with E-state index in [1.807, 2.05) is 0 Å². The Labute approximate surface area is 94.5 Å². The maximum atomic E-state index is 5.53. The van der Waals surface area contributed by atoms with Gasteiger partial charge in [-0.15, -0.1) is 0 Å². The standard InChI is InChI=1S/C12H27NO2/c1-5-13-12(10-14-4)7-6-8-15-9-11(2)3/h11-13H,5-10H2,1-4H3. The second-order valence-corrected chi connectivity index (χ2v) is 4.32. The van der Waals surface area contributed by atoms with Crippen LogP contribution in [0.5, 0.6) is 0 Å². The van der Waals surface area contributed by atoms with Crippen molar-refractivity contribution in [3.63, 3.8) is 0 Å². The van der Waals surface area contributed by atoms with Crippen molar-refractivity contribution >= 4 is 0 Å². The Morgan fingerprint density at radius 1 is 1.20 bits per heavy atom. The van der Waals surface area contributed by atoms with Crippen LogP contribution in [-0.2, 0) is 9.47 Å². The molecule has 0 saturated carbocycles. The molecule has 0 amide bonds. The molecule has 1 atom stereocenters. The van der Waals surface area contributed by atoms with Gasteiger partial charge in [0.05, 0.1) is 6.61 Å². The molecule has 0 aromatic carbocycles. The number of methoxy groups -OCH3 is 1. The summed E-state index contributed by atoms with van der Waals surface area (Å²) < 4.78 is 10.7. The van der Waals surface area contributed by atoms with Crippen molar-refractivity contribution in [1.82, 2.24) is 5.32 Å². The monoisotopic (exact) mass is 217 g/mol. The van der Waals surface area contributed by atoms with E-state index in [1.54, 1.807) is 7.11 Å². The molecule has 0 aliphatic heterocycles. The zero-order chi connectivity index (χ0) is 11.5. The van der Waals surface area contributed by atoms with E-state index in [4.69, 9.17) is 9.47 Å². The van der Waals surface area contributed by atoms with Gasteiger partial charge in [-0.25, -0.2) is 0 Å². The highest BCUT2D eigenvalue weighted by Gasteiger charge is 2.05. The maximum Gasteiger partial charge on any atom is 0.0615 e. The molecule has 3 nitrogen and oxygen atoms in total. The van der Waals surface area contributed by atoms with Gasteiger partial charge in [0.25, 0.3) is 0 Å². The predicted octanol–water partition coefficient (Wildman–Crippen LogP) is 2.06. The Kier molecular flexibility index (Phi) is 10.3. The number of ether oxygens (including phenoxy) is 2. The Morgan fingerprint density at radius 2 is 1.93 bits per heavy atom. The van der Waals surface area contributed by atoms with E-state index in [0.717, 1.165) is 39.2 Å². The molecule has 92 valence electrons. The summed E-state index contributed by atoms with van der Waals surface area (Å²) in [4.78, 5) is 0. The van der Waals surface area contributed by atoms with Crippen LogP contribution in [-0.4, -0.2) is 39.5 Å². The number of hydrogen-bond donors (Lipinski definition) is 1. The molecule has 0 radical (unpaired) electrons. The lowest BCUT2D eigenvalue weighted by atomic mass is 10.1. The Bertz CT molecular complexity index is 123. The first-order chi connectivity index (χ1) is 7.20. The molecule has 3 heteroatoms. The van der Waals surface area contributed by atoms with Crippen LogP contribution in [0.1, 0.15) is 33.6 Å². The number of rotatable bonds is 10. The smallest absolute Gasteiger partial charge is 0.0615 e. The predicted molar refractivity (Wildman–Crippen MR) is 64.2 cm³/mol. The van der Waals surface area contributed by atoms with Gasteiger partial charge in [-0.05, 0) is 25.3 Å². The van der Waals surface area contributed by atoms with Crippen LogP contribution in [0, 0.1) is 5.92 Å². The molecule has 0 aromatic rings. The largest absolute Gasteiger partial charge is 0.383 e. The van der Waals surface area contributed by atoms with Crippen molar-refractivity contribution in [2.45, 2.75) is 39.7 Å². The molecular weight excluding hydrogens is 190 g/mol. The number of nitrogens with one attached hydrogen (secondary N) is 1. The fourth-order valence-corrected chi connectivity index (χ4v) is 1.49. The average Bonchev–Trinajstić information content (AvgIpc) is 2.17. The molecule has 0 heterocycles. The van der Waals surface area contributed by atoms with E-state index in [-0.39, 0.29) is 0 Å². The van der Waals surface area contributed by atoms with Gasteiger partial charge in [-0.2, -0.15) is 0 Å². The summed E-state index contributed by atoms with van der Waals surface area (Å²) in [7, 11) is 1.75. The minimum absolute atomic E-state index is 0.475. The summed E-state index contributed by atoms with van der Waals surface area (Å²) in [5, 5.41) is 3.40. The van der Waals surface area contributed by atoms with E-state index in [2.05, 4.69) is 26.1 Å². The second kappa shape index (κ2) is 10.4. The summed E-state index contributed by atoms with van der Waals surface area (Å²) in [5.74, 6) is 0.633. The van der Waals surface area contributed by atoms with Gasteiger partial charge in [-0.1, -0.05) is 20.8 Å². The molecule has 0 spiro atoms. The van der Waals surface area contributed by atoms with Crippen molar-refractivity contribution < 1.29 is 9.47 Å². The van der Waals surface area contributed by atoms with Crippen molar-refractivity contribution in [2.24, 2.45) is 5.92 Å². The highest BCUT2D eigenvalue weighted by atomic mass is 16.5. The van der Waals surface area contributed by atoms with Crippen molar-refractivity contribution in [3.05, 3.63) is 0 Å². The van der Waals surface area contributed by atoms with E-state index in [1.165, 1.54) is 0 Å². The fraction of sp³-hybridized carbons (Fsp3) is 1.00. The van der Waals surface area contributed by atoms with E-state index in [9.17, 15) is 0 Å². The minimum atomic E-state index is 0.475. The average molecular weight is 217 g/mol. The van der Waals surface area contributed by atoms with Crippen molar-refractivity contribution in [3.8, 4) is 0 Å². The van der Waals surface area contributed by atoms with Gasteiger partial charge in [0.2, 0.25) is 0 Å². The molecule has 0 aliphatic carbocycles. The topological polar surface area (TPSA) is 30.5 Å². The molecule has 0 saturated heterocycles. The zero-order valence-electron chi connectivity index (χ0n) is 10.7. The van der Waals surface area contributed by atoms with Crippen LogP contribution >= 0.6 is 0 Å². The summed E-state index contributed by atoms with van der Waals surface area (Å²) in [6.45, 7) is 10.00. The van der Waals surface area contributed by atoms with Crippen LogP contribution in [0.15, 0.2) is 0 Å². The third kappa shape index (κ3) is 10.2. The zero-order valence-corrected chi connectivity index (χ0v) is 10.7. The molecule has 0 aromatic heterocycles. The molecule has 0 rings (SSSR count). The molecule has 0 bridgehead atoms. The molecule has 0 aliphatic rings. The Hall–Kier alpha value is -0.120. The SMILES string of the molecule is CCNC(CCCOCC(C)C)COC. The van der Waals surface area contributed by atoms with Gasteiger partial charge in [0, 0.05) is 26.4 Å². The maximum absolute atomic E-state index is 5.53. The minimum Gasteiger partial charge on any atom is -0.383 e. The van der Waals surface area contributed by atoms with Crippen molar-refractivity contribution in [1.29, 1.82) is 0 Å². The van der Waals surface area contributed by atoms with Crippen LogP contribution < -0.4 is 5.32 Å².